The molecule has 184 valence electrons. The van der Waals surface area contributed by atoms with Gasteiger partial charge in [-0.3, -0.25) is 9.69 Å². The highest BCUT2D eigenvalue weighted by atomic mass is 19.4. The van der Waals surface area contributed by atoms with Gasteiger partial charge in [-0.15, -0.1) is 0 Å². The average molecular weight is 490 g/mol. The van der Waals surface area contributed by atoms with E-state index < -0.39 is 23.4 Å². The first-order valence-corrected chi connectivity index (χ1v) is 11.1. The molecule has 3 aromatic rings. The number of benzene rings is 3. The van der Waals surface area contributed by atoms with E-state index in [1.165, 1.54) is 54.6 Å². The summed E-state index contributed by atoms with van der Waals surface area (Å²) in [7, 11) is 0. The number of alkyl halides is 3. The van der Waals surface area contributed by atoms with Crippen molar-refractivity contribution in [2.24, 2.45) is 0 Å². The Morgan fingerprint density at radius 2 is 1.54 bits per heavy atom. The van der Waals surface area contributed by atoms with Gasteiger partial charge < -0.3 is 10.1 Å². The summed E-state index contributed by atoms with van der Waals surface area (Å²) in [5.41, 5.74) is -0.379. The topological polar surface area (TPSA) is 41.6 Å². The predicted octanol–water partition coefficient (Wildman–Crippen LogP) is 6.17. The van der Waals surface area contributed by atoms with Crippen LogP contribution in [0.1, 0.15) is 34.3 Å². The lowest BCUT2D eigenvalue weighted by atomic mass is 10.0. The van der Waals surface area contributed by atoms with Crippen LogP contribution < -0.4 is 10.1 Å². The fourth-order valence-corrected chi connectivity index (χ4v) is 3.96. The van der Waals surface area contributed by atoms with Gasteiger partial charge >= 0.3 is 6.18 Å². The van der Waals surface area contributed by atoms with Crippen molar-refractivity contribution in [3.63, 3.8) is 0 Å². The predicted molar refractivity (Wildman–Crippen MR) is 120 cm³/mol. The van der Waals surface area contributed by atoms with E-state index in [-0.39, 0.29) is 29.8 Å². The molecule has 0 bridgehead atoms. The van der Waals surface area contributed by atoms with Gasteiger partial charge in [0.25, 0.3) is 5.91 Å². The maximum absolute atomic E-state index is 13.9. The van der Waals surface area contributed by atoms with Gasteiger partial charge in [0, 0.05) is 36.8 Å². The molecule has 0 unspecified atom stereocenters. The van der Waals surface area contributed by atoms with Crippen LogP contribution in [0.5, 0.6) is 11.5 Å². The largest absolute Gasteiger partial charge is 0.457 e. The minimum atomic E-state index is -4.47. The Hall–Kier alpha value is -3.46. The summed E-state index contributed by atoms with van der Waals surface area (Å²) in [6.45, 7) is 1.34. The van der Waals surface area contributed by atoms with Crippen LogP contribution in [-0.4, -0.2) is 29.9 Å². The van der Waals surface area contributed by atoms with Crippen LogP contribution in [0, 0.1) is 11.6 Å². The Labute approximate surface area is 199 Å². The number of hydrogen-bond acceptors (Lipinski definition) is 3. The molecular formula is C26H23F5N2O2. The molecule has 4 rings (SSSR count). The first-order chi connectivity index (χ1) is 16.7. The third-order valence-corrected chi connectivity index (χ3v) is 5.88. The summed E-state index contributed by atoms with van der Waals surface area (Å²) in [4.78, 5) is 14.6. The van der Waals surface area contributed by atoms with Crippen LogP contribution >= 0.6 is 0 Å². The van der Waals surface area contributed by atoms with Gasteiger partial charge in [-0.25, -0.2) is 8.78 Å². The standard InChI is InChI=1S/C26H23F5N2O2/c27-23-5-2-6-24(28)22(23)16-33-13-11-19(12-14-33)32-25(34)17-7-9-20(10-8-17)35-21-4-1-3-18(15-21)26(29,30)31/h1-10,15,19H,11-14,16H2,(H,32,34). The molecule has 0 spiro atoms. The summed E-state index contributed by atoms with van der Waals surface area (Å²) >= 11 is 0. The SMILES string of the molecule is O=C(NC1CCN(Cc2c(F)cccc2F)CC1)c1ccc(Oc2cccc(C(F)(F)F)c2)cc1. The van der Waals surface area contributed by atoms with Gasteiger partial charge in [0.2, 0.25) is 0 Å². The first kappa shape index (κ1) is 24.7. The van der Waals surface area contributed by atoms with Gasteiger partial charge in [0.1, 0.15) is 23.1 Å². The monoisotopic (exact) mass is 490 g/mol. The molecule has 1 amide bonds. The highest BCUT2D eigenvalue weighted by molar-refractivity contribution is 5.94. The van der Waals surface area contributed by atoms with Crippen LogP contribution in [0.2, 0.25) is 0 Å². The number of halogens is 5. The highest BCUT2D eigenvalue weighted by Crippen LogP contribution is 2.32. The van der Waals surface area contributed by atoms with E-state index in [4.69, 9.17) is 4.74 Å². The summed E-state index contributed by atoms with van der Waals surface area (Å²) in [6.07, 6.45) is -3.19. The molecule has 0 saturated carbocycles. The van der Waals surface area contributed by atoms with Crippen molar-refractivity contribution >= 4 is 5.91 Å². The number of ether oxygens (including phenoxy) is 1. The maximum Gasteiger partial charge on any atom is 0.416 e. The molecule has 1 aliphatic rings. The molecule has 1 fully saturated rings. The molecule has 9 heteroatoms. The summed E-state index contributed by atoms with van der Waals surface area (Å²) < 4.78 is 71.8. The van der Waals surface area contributed by atoms with E-state index in [0.717, 1.165) is 12.1 Å². The molecule has 3 aromatic carbocycles. The van der Waals surface area contributed by atoms with Crippen LogP contribution in [0.3, 0.4) is 0 Å². The van der Waals surface area contributed by atoms with E-state index in [1.54, 1.807) is 0 Å². The normalized spacial score (nSPS) is 15.1. The lowest BCUT2D eigenvalue weighted by Crippen LogP contribution is -2.44. The van der Waals surface area contributed by atoms with Crippen molar-refractivity contribution in [3.8, 4) is 11.5 Å². The minimum Gasteiger partial charge on any atom is -0.457 e. The third kappa shape index (κ3) is 6.36. The fraction of sp³-hybridized carbons (Fsp3) is 0.269. The van der Waals surface area contributed by atoms with Gasteiger partial charge in [-0.2, -0.15) is 13.2 Å². The number of rotatable bonds is 6. The number of nitrogens with zero attached hydrogens (tertiary/aromatic N) is 1. The zero-order chi connectivity index (χ0) is 25.0. The van der Waals surface area contributed by atoms with Crippen LogP contribution in [0.25, 0.3) is 0 Å². The molecule has 1 heterocycles. The molecule has 1 aliphatic heterocycles. The highest BCUT2D eigenvalue weighted by Gasteiger charge is 2.30. The van der Waals surface area contributed by atoms with Gasteiger partial charge in [0.15, 0.2) is 0 Å². The maximum atomic E-state index is 13.9. The van der Waals surface area contributed by atoms with Crippen molar-refractivity contribution in [1.29, 1.82) is 0 Å². The van der Waals surface area contributed by atoms with Crippen molar-refractivity contribution in [1.82, 2.24) is 10.2 Å². The number of hydrogen-bond donors (Lipinski definition) is 1. The van der Waals surface area contributed by atoms with Crippen molar-refractivity contribution in [2.45, 2.75) is 31.6 Å². The molecule has 0 atom stereocenters. The van der Waals surface area contributed by atoms with Crippen molar-refractivity contribution in [3.05, 3.63) is 95.1 Å². The summed E-state index contributed by atoms with van der Waals surface area (Å²) in [6, 6.07) is 14.4. The summed E-state index contributed by atoms with van der Waals surface area (Å²) in [5, 5.41) is 2.96. The fourth-order valence-electron chi connectivity index (χ4n) is 3.96. The Morgan fingerprint density at radius 1 is 0.914 bits per heavy atom. The third-order valence-electron chi connectivity index (χ3n) is 5.88. The zero-order valence-corrected chi connectivity index (χ0v) is 18.6. The number of amides is 1. The quantitative estimate of drug-likeness (QED) is 0.420. The Bertz CT molecular complexity index is 1150. The van der Waals surface area contributed by atoms with Crippen molar-refractivity contribution in [2.75, 3.05) is 13.1 Å². The van der Waals surface area contributed by atoms with E-state index in [2.05, 4.69) is 5.32 Å². The Kier molecular flexibility index (Phi) is 7.35. The van der Waals surface area contributed by atoms with Crippen LogP contribution in [-0.2, 0) is 12.7 Å². The molecule has 35 heavy (non-hydrogen) atoms. The molecule has 0 radical (unpaired) electrons. The Morgan fingerprint density at radius 3 is 2.17 bits per heavy atom. The number of carbonyl (C=O) groups excluding carboxylic acids is 1. The van der Waals surface area contributed by atoms with Crippen LogP contribution in [0.4, 0.5) is 22.0 Å². The second kappa shape index (κ2) is 10.4. The molecule has 1 saturated heterocycles. The lowest BCUT2D eigenvalue weighted by molar-refractivity contribution is -0.137. The van der Waals surface area contributed by atoms with E-state index in [1.807, 2.05) is 4.90 Å². The molecule has 1 N–H and O–H groups in total. The second-order valence-corrected chi connectivity index (χ2v) is 8.38. The summed E-state index contributed by atoms with van der Waals surface area (Å²) in [5.74, 6) is -1.08. The second-order valence-electron chi connectivity index (χ2n) is 8.38. The zero-order valence-electron chi connectivity index (χ0n) is 18.6. The minimum absolute atomic E-state index is 0.0408. The van der Waals surface area contributed by atoms with E-state index in [0.29, 0.717) is 37.2 Å². The molecular weight excluding hydrogens is 467 g/mol. The lowest BCUT2D eigenvalue weighted by Gasteiger charge is -2.32. The smallest absolute Gasteiger partial charge is 0.416 e. The van der Waals surface area contributed by atoms with Crippen molar-refractivity contribution < 1.29 is 31.5 Å². The number of piperidine rings is 1. The number of nitrogens with one attached hydrogen (secondary N) is 1. The molecule has 0 aromatic heterocycles. The van der Waals surface area contributed by atoms with E-state index in [9.17, 15) is 26.7 Å². The first-order valence-electron chi connectivity index (χ1n) is 11.1. The van der Waals surface area contributed by atoms with Gasteiger partial charge in [-0.1, -0.05) is 12.1 Å². The van der Waals surface area contributed by atoms with Gasteiger partial charge in [-0.05, 0) is 67.4 Å². The van der Waals surface area contributed by atoms with E-state index >= 15 is 0 Å². The van der Waals surface area contributed by atoms with Gasteiger partial charge in [0.05, 0.1) is 5.56 Å². The Balaban J connectivity index is 1.28. The molecule has 0 aliphatic carbocycles. The molecule has 4 nitrogen and oxygen atoms in total. The number of carbonyl (C=O) groups is 1. The average Bonchev–Trinajstić information content (AvgIpc) is 2.83. The number of likely N-dealkylation sites (tertiary alicyclic amines) is 1. The van der Waals surface area contributed by atoms with Crippen LogP contribution in [0.15, 0.2) is 66.7 Å².